The highest BCUT2D eigenvalue weighted by Crippen LogP contribution is 2.27. The first kappa shape index (κ1) is 13.1. The molecule has 1 aromatic heterocycles. The molecule has 0 saturated carbocycles. The molecular weight excluding hydrogens is 269 g/mol. The monoisotopic (exact) mass is 281 g/mol. The third-order valence-electron chi connectivity index (χ3n) is 3.02. The topological polar surface area (TPSA) is 72.0 Å². The molecule has 0 aliphatic rings. The predicted octanol–water partition coefficient (Wildman–Crippen LogP) is 3.45. The van der Waals surface area contributed by atoms with Gasteiger partial charge in [0.15, 0.2) is 0 Å². The van der Waals surface area contributed by atoms with Gasteiger partial charge < -0.3 is 10.5 Å². The first-order valence-corrected chi connectivity index (χ1v) is 6.30. The highest BCUT2D eigenvalue weighted by molar-refractivity contribution is 5.97. The van der Waals surface area contributed by atoms with E-state index in [1.807, 2.05) is 30.3 Å². The molecule has 3 rings (SSSR count). The molecule has 0 radical (unpaired) electrons. The molecule has 4 nitrogen and oxygen atoms in total. The Bertz CT molecular complexity index is 833. The van der Waals surface area contributed by atoms with Crippen molar-refractivity contribution in [1.29, 1.82) is 5.41 Å². The van der Waals surface area contributed by atoms with Gasteiger partial charge in [-0.05, 0) is 30.3 Å². The summed E-state index contributed by atoms with van der Waals surface area (Å²) >= 11 is 0. The molecule has 21 heavy (non-hydrogen) atoms. The van der Waals surface area contributed by atoms with Gasteiger partial charge in [-0.25, -0.2) is 4.39 Å². The van der Waals surface area contributed by atoms with Crippen molar-refractivity contribution in [3.63, 3.8) is 0 Å². The summed E-state index contributed by atoms with van der Waals surface area (Å²) in [5.41, 5.74) is 6.52. The quantitative estimate of drug-likeness (QED) is 0.570. The number of halogens is 1. The molecule has 1 heterocycles. The number of ether oxygens (including phenoxy) is 1. The molecule has 104 valence electrons. The second-order valence-electron chi connectivity index (χ2n) is 4.52. The average molecular weight is 281 g/mol. The van der Waals surface area contributed by atoms with Crippen molar-refractivity contribution < 1.29 is 9.13 Å². The summed E-state index contributed by atoms with van der Waals surface area (Å²) in [5.74, 6) is 0.103. The maximum Gasteiger partial charge on any atom is 0.146 e. The van der Waals surface area contributed by atoms with Gasteiger partial charge in [0.05, 0.1) is 17.3 Å². The van der Waals surface area contributed by atoms with Crippen molar-refractivity contribution in [2.75, 3.05) is 0 Å². The van der Waals surface area contributed by atoms with Crippen LogP contribution in [0, 0.1) is 11.2 Å². The number of para-hydroxylation sites is 1. The number of hydrogen-bond acceptors (Lipinski definition) is 3. The maximum atomic E-state index is 13.2. The number of rotatable bonds is 3. The van der Waals surface area contributed by atoms with Crippen molar-refractivity contribution in [2.45, 2.75) is 0 Å². The molecule has 2 aromatic carbocycles. The minimum atomic E-state index is -0.468. The number of hydrogen-bond donors (Lipinski definition) is 2. The van der Waals surface area contributed by atoms with Gasteiger partial charge >= 0.3 is 0 Å². The van der Waals surface area contributed by atoms with Crippen LogP contribution in [0.15, 0.2) is 54.7 Å². The number of amidine groups is 1. The van der Waals surface area contributed by atoms with Crippen LogP contribution in [0.3, 0.4) is 0 Å². The SMILES string of the molecule is N=C(N)c1cc(F)ccc1Oc1cnc2ccccc2c1. The van der Waals surface area contributed by atoms with Crippen molar-refractivity contribution in [2.24, 2.45) is 5.73 Å². The van der Waals surface area contributed by atoms with E-state index in [0.717, 1.165) is 10.9 Å². The molecule has 0 aliphatic carbocycles. The van der Waals surface area contributed by atoms with Crippen LogP contribution in [-0.2, 0) is 0 Å². The van der Waals surface area contributed by atoms with E-state index in [1.54, 1.807) is 6.20 Å². The Morgan fingerprint density at radius 2 is 1.95 bits per heavy atom. The van der Waals surface area contributed by atoms with Crippen LogP contribution >= 0.6 is 0 Å². The average Bonchev–Trinajstić information content (AvgIpc) is 2.49. The van der Waals surface area contributed by atoms with Crippen LogP contribution < -0.4 is 10.5 Å². The van der Waals surface area contributed by atoms with Crippen molar-refractivity contribution in [3.05, 3.63) is 66.1 Å². The van der Waals surface area contributed by atoms with Gasteiger partial charge in [-0.1, -0.05) is 18.2 Å². The van der Waals surface area contributed by atoms with Crippen molar-refractivity contribution in [3.8, 4) is 11.5 Å². The van der Waals surface area contributed by atoms with E-state index in [9.17, 15) is 4.39 Å². The summed E-state index contributed by atoms with van der Waals surface area (Å²) in [6, 6.07) is 13.3. The zero-order valence-electron chi connectivity index (χ0n) is 11.0. The molecule has 0 unspecified atom stereocenters. The van der Waals surface area contributed by atoms with Gasteiger partial charge in [0, 0.05) is 5.39 Å². The van der Waals surface area contributed by atoms with Crippen LogP contribution in [0.25, 0.3) is 10.9 Å². The van der Waals surface area contributed by atoms with Gasteiger partial charge in [-0.2, -0.15) is 0 Å². The van der Waals surface area contributed by atoms with E-state index in [1.165, 1.54) is 18.2 Å². The lowest BCUT2D eigenvalue weighted by atomic mass is 10.1. The van der Waals surface area contributed by atoms with Crippen molar-refractivity contribution >= 4 is 16.7 Å². The normalized spacial score (nSPS) is 10.5. The van der Waals surface area contributed by atoms with E-state index in [-0.39, 0.29) is 11.4 Å². The van der Waals surface area contributed by atoms with Crippen LogP contribution in [0.5, 0.6) is 11.5 Å². The summed E-state index contributed by atoms with van der Waals surface area (Å²) in [4.78, 5) is 4.29. The van der Waals surface area contributed by atoms with E-state index in [2.05, 4.69) is 4.98 Å². The van der Waals surface area contributed by atoms with Crippen LogP contribution in [0.2, 0.25) is 0 Å². The van der Waals surface area contributed by atoms with Crippen LogP contribution in [0.4, 0.5) is 4.39 Å². The van der Waals surface area contributed by atoms with Gasteiger partial charge in [-0.15, -0.1) is 0 Å². The number of nitrogens with zero attached hydrogens (tertiary/aromatic N) is 1. The number of aromatic nitrogens is 1. The Kier molecular flexibility index (Phi) is 3.23. The number of nitrogens with one attached hydrogen (secondary N) is 1. The van der Waals surface area contributed by atoms with Crippen LogP contribution in [-0.4, -0.2) is 10.8 Å². The van der Waals surface area contributed by atoms with E-state index >= 15 is 0 Å². The first-order chi connectivity index (χ1) is 10.1. The Balaban J connectivity index is 2.00. The summed E-state index contributed by atoms with van der Waals surface area (Å²) < 4.78 is 18.9. The smallest absolute Gasteiger partial charge is 0.146 e. The predicted molar refractivity (Wildman–Crippen MR) is 79.2 cm³/mol. The standard InChI is InChI=1S/C16H12FN3O/c17-11-5-6-15(13(8-11)16(18)19)21-12-7-10-3-1-2-4-14(10)20-9-12/h1-9H,(H3,18,19). The lowest BCUT2D eigenvalue weighted by Gasteiger charge is -2.10. The molecule has 0 saturated heterocycles. The fourth-order valence-corrected chi connectivity index (χ4v) is 2.04. The zero-order chi connectivity index (χ0) is 14.8. The van der Waals surface area contributed by atoms with E-state index < -0.39 is 5.82 Å². The largest absolute Gasteiger partial charge is 0.455 e. The minimum absolute atomic E-state index is 0.211. The molecule has 0 atom stereocenters. The Morgan fingerprint density at radius 1 is 1.14 bits per heavy atom. The molecule has 0 bridgehead atoms. The molecule has 0 aliphatic heterocycles. The molecule has 0 amide bonds. The lowest BCUT2D eigenvalue weighted by Crippen LogP contribution is -2.12. The van der Waals surface area contributed by atoms with Gasteiger partial charge in [0.25, 0.3) is 0 Å². The second kappa shape index (κ2) is 5.20. The van der Waals surface area contributed by atoms with E-state index in [0.29, 0.717) is 11.5 Å². The van der Waals surface area contributed by atoms with Gasteiger partial charge in [0.2, 0.25) is 0 Å². The lowest BCUT2D eigenvalue weighted by molar-refractivity contribution is 0.478. The zero-order valence-corrected chi connectivity index (χ0v) is 11.0. The fraction of sp³-hybridized carbons (Fsp3) is 0. The second-order valence-corrected chi connectivity index (χ2v) is 4.52. The minimum Gasteiger partial charge on any atom is -0.455 e. The summed E-state index contributed by atoms with van der Waals surface area (Å²) in [7, 11) is 0. The third kappa shape index (κ3) is 2.67. The van der Waals surface area contributed by atoms with Gasteiger partial charge in [0.1, 0.15) is 23.2 Å². The number of nitrogens with two attached hydrogens (primary N) is 1. The summed E-state index contributed by atoms with van der Waals surface area (Å²) in [5, 5.41) is 8.42. The number of fused-ring (bicyclic) bond motifs is 1. The summed E-state index contributed by atoms with van der Waals surface area (Å²) in [6.45, 7) is 0. The molecule has 0 spiro atoms. The summed E-state index contributed by atoms with van der Waals surface area (Å²) in [6.07, 6.45) is 1.58. The molecule has 3 aromatic rings. The molecule has 0 fully saturated rings. The fourth-order valence-electron chi connectivity index (χ4n) is 2.04. The third-order valence-corrected chi connectivity index (χ3v) is 3.02. The van der Waals surface area contributed by atoms with E-state index in [4.69, 9.17) is 15.9 Å². The number of pyridine rings is 1. The first-order valence-electron chi connectivity index (χ1n) is 6.30. The molecule has 3 N–H and O–H groups in total. The number of benzene rings is 2. The molecular formula is C16H12FN3O. The Hall–Kier alpha value is -2.95. The highest BCUT2D eigenvalue weighted by atomic mass is 19.1. The maximum absolute atomic E-state index is 13.2. The number of nitrogen functional groups attached to an aromatic ring is 1. The Morgan fingerprint density at radius 3 is 2.76 bits per heavy atom. The van der Waals surface area contributed by atoms with Gasteiger partial charge in [-0.3, -0.25) is 10.4 Å². The van der Waals surface area contributed by atoms with Crippen molar-refractivity contribution in [1.82, 2.24) is 4.98 Å². The Labute approximate surface area is 120 Å². The van der Waals surface area contributed by atoms with Crippen LogP contribution in [0.1, 0.15) is 5.56 Å². The highest BCUT2D eigenvalue weighted by Gasteiger charge is 2.10. The molecule has 5 heteroatoms.